The second-order valence-corrected chi connectivity index (χ2v) is 6.07. The minimum atomic E-state index is -1.08. The largest absolute Gasteiger partial charge is 0.476 e. The quantitative estimate of drug-likeness (QED) is 0.771. The molecule has 0 unspecified atom stereocenters. The third-order valence-electron chi connectivity index (χ3n) is 4.04. The first-order valence-electron chi connectivity index (χ1n) is 7.47. The van der Waals surface area contributed by atoms with Crippen LogP contribution in [0, 0.1) is 0 Å². The van der Waals surface area contributed by atoms with Crippen LogP contribution in [0.15, 0.2) is 6.20 Å². The molecule has 1 saturated carbocycles. The molecule has 116 valence electrons. The molecule has 6 nitrogen and oxygen atoms in total. The van der Waals surface area contributed by atoms with Gasteiger partial charge in [-0.05, 0) is 12.8 Å². The van der Waals surface area contributed by atoms with Crippen molar-refractivity contribution in [2.24, 2.45) is 0 Å². The Balaban J connectivity index is 2.32. The fraction of sp³-hybridized carbons (Fsp3) is 0.667. The smallest absolute Gasteiger partial charge is 0.356 e. The number of aromatic carboxylic acids is 1. The standard InChI is InChI=1S/C15H23N3O3/c1-10(2)13-16-8-11(12(17-13)14(20)21)18-15(9-19)6-4-3-5-7-15/h8,10,18-19H,3-7,9H2,1-2H3,(H,20,21). The number of hydrogen-bond donors (Lipinski definition) is 3. The first-order valence-corrected chi connectivity index (χ1v) is 7.47. The number of carboxylic acid groups (broad SMARTS) is 1. The maximum atomic E-state index is 11.4. The zero-order chi connectivity index (χ0) is 15.5. The summed E-state index contributed by atoms with van der Waals surface area (Å²) in [7, 11) is 0. The van der Waals surface area contributed by atoms with Crippen LogP contribution in [0.25, 0.3) is 0 Å². The van der Waals surface area contributed by atoms with Gasteiger partial charge < -0.3 is 15.5 Å². The summed E-state index contributed by atoms with van der Waals surface area (Å²) in [5.41, 5.74) is -0.0829. The molecule has 1 aliphatic carbocycles. The van der Waals surface area contributed by atoms with E-state index in [4.69, 9.17) is 0 Å². The molecule has 0 aromatic carbocycles. The molecule has 6 heteroatoms. The fourth-order valence-corrected chi connectivity index (χ4v) is 2.77. The van der Waals surface area contributed by atoms with Crippen LogP contribution in [-0.4, -0.2) is 38.3 Å². The second-order valence-electron chi connectivity index (χ2n) is 6.07. The van der Waals surface area contributed by atoms with Crippen LogP contribution in [0.4, 0.5) is 5.69 Å². The van der Waals surface area contributed by atoms with Crippen molar-refractivity contribution >= 4 is 11.7 Å². The molecule has 0 aliphatic heterocycles. The molecule has 1 aliphatic rings. The van der Waals surface area contributed by atoms with Crippen molar-refractivity contribution in [3.63, 3.8) is 0 Å². The van der Waals surface area contributed by atoms with Gasteiger partial charge in [-0.1, -0.05) is 33.1 Å². The van der Waals surface area contributed by atoms with Gasteiger partial charge in [0.05, 0.1) is 24.0 Å². The SMILES string of the molecule is CC(C)c1ncc(NC2(CO)CCCCC2)c(C(=O)O)n1. The van der Waals surface area contributed by atoms with E-state index in [-0.39, 0.29) is 18.2 Å². The molecule has 0 amide bonds. The average Bonchev–Trinajstić information content (AvgIpc) is 2.48. The number of anilines is 1. The Bertz CT molecular complexity index is 511. The number of aliphatic hydroxyl groups is 1. The number of aromatic nitrogens is 2. The van der Waals surface area contributed by atoms with Gasteiger partial charge in [-0.15, -0.1) is 0 Å². The Hall–Kier alpha value is -1.69. The lowest BCUT2D eigenvalue weighted by molar-refractivity contribution is 0.0690. The van der Waals surface area contributed by atoms with Gasteiger partial charge in [-0.3, -0.25) is 0 Å². The van der Waals surface area contributed by atoms with E-state index >= 15 is 0 Å². The maximum Gasteiger partial charge on any atom is 0.356 e. The molecule has 21 heavy (non-hydrogen) atoms. The van der Waals surface area contributed by atoms with Crippen molar-refractivity contribution in [3.8, 4) is 0 Å². The Morgan fingerprint density at radius 3 is 2.57 bits per heavy atom. The highest BCUT2D eigenvalue weighted by Gasteiger charge is 2.32. The number of nitrogens with one attached hydrogen (secondary N) is 1. The van der Waals surface area contributed by atoms with Crippen LogP contribution in [0.1, 0.15) is 68.2 Å². The summed E-state index contributed by atoms with van der Waals surface area (Å²) in [6, 6.07) is 0. The fourth-order valence-electron chi connectivity index (χ4n) is 2.77. The van der Waals surface area contributed by atoms with Crippen molar-refractivity contribution in [2.75, 3.05) is 11.9 Å². The van der Waals surface area contributed by atoms with E-state index in [1.807, 2.05) is 13.8 Å². The van der Waals surface area contributed by atoms with Gasteiger partial charge in [0.2, 0.25) is 0 Å². The second kappa shape index (κ2) is 6.39. The molecule has 1 aromatic rings. The molecule has 0 bridgehead atoms. The van der Waals surface area contributed by atoms with Gasteiger partial charge >= 0.3 is 5.97 Å². The molecule has 1 heterocycles. The van der Waals surface area contributed by atoms with Gasteiger partial charge in [0, 0.05) is 5.92 Å². The molecule has 1 aromatic heterocycles. The van der Waals surface area contributed by atoms with E-state index in [9.17, 15) is 15.0 Å². The molecule has 0 radical (unpaired) electrons. The molecule has 0 saturated heterocycles. The number of carbonyl (C=O) groups is 1. The molecular formula is C15H23N3O3. The number of hydrogen-bond acceptors (Lipinski definition) is 5. The lowest BCUT2D eigenvalue weighted by Crippen LogP contribution is -2.44. The van der Waals surface area contributed by atoms with Crippen molar-refractivity contribution in [2.45, 2.75) is 57.4 Å². The number of nitrogens with zero attached hydrogens (tertiary/aromatic N) is 2. The van der Waals surface area contributed by atoms with Gasteiger partial charge in [0.25, 0.3) is 0 Å². The summed E-state index contributed by atoms with van der Waals surface area (Å²) in [5.74, 6) is -0.496. The zero-order valence-electron chi connectivity index (χ0n) is 12.6. The Morgan fingerprint density at radius 1 is 1.38 bits per heavy atom. The maximum absolute atomic E-state index is 11.4. The normalized spacial score (nSPS) is 17.7. The Labute approximate surface area is 124 Å². The minimum Gasteiger partial charge on any atom is -0.476 e. The summed E-state index contributed by atoms with van der Waals surface area (Å²) in [4.78, 5) is 19.8. The number of rotatable bonds is 5. The van der Waals surface area contributed by atoms with Crippen LogP contribution in [0.5, 0.6) is 0 Å². The zero-order valence-corrected chi connectivity index (χ0v) is 12.6. The summed E-state index contributed by atoms with van der Waals surface area (Å²) in [5, 5.41) is 22.3. The minimum absolute atomic E-state index is 0.0159. The first kappa shape index (κ1) is 15.7. The Kier molecular flexibility index (Phi) is 4.77. The topological polar surface area (TPSA) is 95.3 Å². The highest BCUT2D eigenvalue weighted by Crippen LogP contribution is 2.32. The molecule has 1 fully saturated rings. The van der Waals surface area contributed by atoms with Gasteiger partial charge in [-0.2, -0.15) is 0 Å². The number of aliphatic hydroxyl groups excluding tert-OH is 1. The molecule has 0 spiro atoms. The Morgan fingerprint density at radius 2 is 2.05 bits per heavy atom. The van der Waals surface area contributed by atoms with E-state index in [1.165, 1.54) is 6.20 Å². The van der Waals surface area contributed by atoms with E-state index < -0.39 is 11.5 Å². The van der Waals surface area contributed by atoms with Crippen LogP contribution in [-0.2, 0) is 0 Å². The van der Waals surface area contributed by atoms with E-state index in [2.05, 4.69) is 15.3 Å². The molecular weight excluding hydrogens is 270 g/mol. The predicted molar refractivity (Wildman–Crippen MR) is 79.6 cm³/mol. The average molecular weight is 293 g/mol. The predicted octanol–water partition coefficient (Wildman–Crippen LogP) is 2.41. The monoisotopic (exact) mass is 293 g/mol. The summed E-state index contributed by atoms with van der Waals surface area (Å²) in [6.45, 7) is 3.83. The van der Waals surface area contributed by atoms with E-state index in [0.29, 0.717) is 11.5 Å². The third-order valence-corrected chi connectivity index (χ3v) is 4.04. The number of carboxylic acids is 1. The lowest BCUT2D eigenvalue weighted by Gasteiger charge is -2.37. The van der Waals surface area contributed by atoms with Crippen LogP contribution in [0.2, 0.25) is 0 Å². The van der Waals surface area contributed by atoms with Crippen molar-refractivity contribution in [1.29, 1.82) is 0 Å². The van der Waals surface area contributed by atoms with Gasteiger partial charge in [0.15, 0.2) is 5.69 Å². The molecule has 3 N–H and O–H groups in total. The van der Waals surface area contributed by atoms with Crippen molar-refractivity contribution in [3.05, 3.63) is 17.7 Å². The van der Waals surface area contributed by atoms with Crippen LogP contribution < -0.4 is 5.32 Å². The lowest BCUT2D eigenvalue weighted by atomic mass is 9.82. The summed E-state index contributed by atoms with van der Waals surface area (Å²) < 4.78 is 0. The van der Waals surface area contributed by atoms with Gasteiger partial charge in [0.1, 0.15) is 5.82 Å². The van der Waals surface area contributed by atoms with Crippen LogP contribution >= 0.6 is 0 Å². The van der Waals surface area contributed by atoms with Gasteiger partial charge in [-0.25, -0.2) is 14.8 Å². The highest BCUT2D eigenvalue weighted by molar-refractivity contribution is 5.91. The third kappa shape index (κ3) is 3.50. The molecule has 0 atom stereocenters. The van der Waals surface area contributed by atoms with Crippen LogP contribution in [0.3, 0.4) is 0 Å². The molecule has 2 rings (SSSR count). The highest BCUT2D eigenvalue weighted by atomic mass is 16.4. The van der Waals surface area contributed by atoms with Crippen molar-refractivity contribution < 1.29 is 15.0 Å². The summed E-state index contributed by atoms with van der Waals surface area (Å²) >= 11 is 0. The summed E-state index contributed by atoms with van der Waals surface area (Å²) in [6.07, 6.45) is 6.39. The van der Waals surface area contributed by atoms with E-state index in [1.54, 1.807) is 0 Å². The van der Waals surface area contributed by atoms with Crippen molar-refractivity contribution in [1.82, 2.24) is 9.97 Å². The first-order chi connectivity index (χ1) is 9.97. The van der Waals surface area contributed by atoms with E-state index in [0.717, 1.165) is 32.1 Å².